The number of methoxy groups -OCH3 is 1. The number of aromatic nitrogens is 5. The maximum atomic E-state index is 12.5. The fraction of sp³-hybridized carbons (Fsp3) is 0.278. The van der Waals surface area contributed by atoms with Gasteiger partial charge in [0, 0.05) is 12.4 Å². The second-order valence-electron chi connectivity index (χ2n) is 6.04. The standard InChI is InChI=1S/C18H21N7O2/c1-11-8-14(15(27-4)9-12(11)2)24-18(26)23-13(3)16-21-10-22-25(16)17-19-6-5-7-20-17/h5-10,13H,1-4H3,(H2,23,24,26)/t13-/m0/s1. The lowest BCUT2D eigenvalue weighted by atomic mass is 10.1. The summed E-state index contributed by atoms with van der Waals surface area (Å²) in [5.41, 5.74) is 2.74. The Morgan fingerprint density at radius 2 is 1.85 bits per heavy atom. The summed E-state index contributed by atoms with van der Waals surface area (Å²) >= 11 is 0. The van der Waals surface area contributed by atoms with Crippen molar-refractivity contribution < 1.29 is 9.53 Å². The number of carbonyl (C=O) groups excluding carboxylic acids is 1. The summed E-state index contributed by atoms with van der Waals surface area (Å²) in [6.45, 7) is 5.77. The van der Waals surface area contributed by atoms with Gasteiger partial charge in [0.1, 0.15) is 12.1 Å². The van der Waals surface area contributed by atoms with E-state index in [-0.39, 0.29) is 6.03 Å². The van der Waals surface area contributed by atoms with Crippen LogP contribution >= 0.6 is 0 Å². The highest BCUT2D eigenvalue weighted by Gasteiger charge is 2.18. The molecule has 2 aromatic heterocycles. The fourth-order valence-electron chi connectivity index (χ4n) is 2.58. The van der Waals surface area contributed by atoms with Gasteiger partial charge in [-0.25, -0.2) is 19.7 Å². The van der Waals surface area contributed by atoms with Gasteiger partial charge < -0.3 is 15.4 Å². The van der Waals surface area contributed by atoms with E-state index in [9.17, 15) is 4.79 Å². The van der Waals surface area contributed by atoms with E-state index >= 15 is 0 Å². The summed E-state index contributed by atoms with van der Waals surface area (Å²) in [6.07, 6.45) is 4.63. The average molecular weight is 367 g/mol. The molecule has 0 aliphatic rings. The first-order valence-corrected chi connectivity index (χ1v) is 8.39. The molecule has 0 saturated carbocycles. The van der Waals surface area contributed by atoms with Crippen LogP contribution in [-0.2, 0) is 0 Å². The van der Waals surface area contributed by atoms with Crippen LogP contribution in [0.5, 0.6) is 5.75 Å². The van der Waals surface area contributed by atoms with Crippen molar-refractivity contribution in [3.05, 3.63) is 53.9 Å². The molecule has 0 aliphatic heterocycles. The van der Waals surface area contributed by atoms with Crippen molar-refractivity contribution in [2.24, 2.45) is 0 Å². The first-order chi connectivity index (χ1) is 13.0. The first-order valence-electron chi connectivity index (χ1n) is 8.39. The molecular weight excluding hydrogens is 346 g/mol. The van der Waals surface area contributed by atoms with E-state index in [1.807, 2.05) is 26.0 Å². The summed E-state index contributed by atoms with van der Waals surface area (Å²) in [4.78, 5) is 25.0. The molecule has 9 heteroatoms. The molecule has 0 saturated heterocycles. The minimum absolute atomic E-state index is 0.382. The number of nitrogens with one attached hydrogen (secondary N) is 2. The molecule has 1 aromatic carbocycles. The number of benzene rings is 1. The van der Waals surface area contributed by atoms with Crippen LogP contribution < -0.4 is 15.4 Å². The van der Waals surface area contributed by atoms with Crippen molar-refractivity contribution in [1.82, 2.24) is 30.0 Å². The maximum Gasteiger partial charge on any atom is 0.319 e. The summed E-state index contributed by atoms with van der Waals surface area (Å²) in [6, 6.07) is 4.67. The van der Waals surface area contributed by atoms with Gasteiger partial charge in [-0.15, -0.1) is 0 Å². The SMILES string of the molecule is COc1cc(C)c(C)cc1NC(=O)N[C@@H](C)c1ncnn1-c1ncccn1. The minimum Gasteiger partial charge on any atom is -0.495 e. The van der Waals surface area contributed by atoms with E-state index in [2.05, 4.69) is 30.7 Å². The normalized spacial score (nSPS) is 11.7. The largest absolute Gasteiger partial charge is 0.495 e. The Bertz CT molecular complexity index is 940. The molecule has 0 fully saturated rings. The molecular formula is C18H21N7O2. The number of anilines is 1. The first kappa shape index (κ1) is 18.3. The maximum absolute atomic E-state index is 12.5. The van der Waals surface area contributed by atoms with Gasteiger partial charge in [-0.2, -0.15) is 9.78 Å². The van der Waals surface area contributed by atoms with Gasteiger partial charge in [0.2, 0.25) is 0 Å². The van der Waals surface area contributed by atoms with Crippen LogP contribution in [0, 0.1) is 13.8 Å². The number of aryl methyl sites for hydroxylation is 2. The van der Waals surface area contributed by atoms with Gasteiger partial charge in [0.15, 0.2) is 5.82 Å². The Hall–Kier alpha value is -3.49. The van der Waals surface area contributed by atoms with E-state index in [1.165, 1.54) is 11.0 Å². The molecule has 9 nitrogen and oxygen atoms in total. The third-order valence-electron chi connectivity index (χ3n) is 4.11. The molecule has 0 aliphatic carbocycles. The third kappa shape index (κ3) is 4.02. The molecule has 0 spiro atoms. The average Bonchev–Trinajstić information content (AvgIpc) is 3.15. The third-order valence-corrected chi connectivity index (χ3v) is 4.11. The second kappa shape index (κ2) is 7.81. The molecule has 2 heterocycles. The van der Waals surface area contributed by atoms with E-state index in [1.54, 1.807) is 32.5 Å². The number of hydrogen-bond donors (Lipinski definition) is 2. The predicted octanol–water partition coefficient (Wildman–Crippen LogP) is 2.57. The van der Waals surface area contributed by atoms with Crippen LogP contribution in [0.4, 0.5) is 10.5 Å². The number of nitrogens with zero attached hydrogens (tertiary/aromatic N) is 5. The molecule has 140 valence electrons. The fourth-order valence-corrected chi connectivity index (χ4v) is 2.58. The van der Waals surface area contributed by atoms with Gasteiger partial charge in [0.05, 0.1) is 18.8 Å². The minimum atomic E-state index is -0.422. The van der Waals surface area contributed by atoms with Crippen molar-refractivity contribution in [2.45, 2.75) is 26.8 Å². The lowest BCUT2D eigenvalue weighted by molar-refractivity contribution is 0.248. The van der Waals surface area contributed by atoms with Gasteiger partial charge in [-0.3, -0.25) is 0 Å². The molecule has 0 bridgehead atoms. The quantitative estimate of drug-likeness (QED) is 0.718. The van der Waals surface area contributed by atoms with Crippen LogP contribution in [0.1, 0.15) is 29.9 Å². The number of ether oxygens (including phenoxy) is 1. The summed E-state index contributed by atoms with van der Waals surface area (Å²) in [5.74, 6) is 1.50. The molecule has 2 N–H and O–H groups in total. The van der Waals surface area contributed by atoms with Crippen LogP contribution in [0.3, 0.4) is 0 Å². The van der Waals surface area contributed by atoms with Gasteiger partial charge in [-0.05, 0) is 50.1 Å². The molecule has 0 unspecified atom stereocenters. The number of hydrogen-bond acceptors (Lipinski definition) is 6. The molecule has 3 rings (SSSR count). The predicted molar refractivity (Wildman–Crippen MR) is 100.0 cm³/mol. The van der Waals surface area contributed by atoms with E-state index in [0.29, 0.717) is 23.2 Å². The Morgan fingerprint density at radius 3 is 2.56 bits per heavy atom. The number of rotatable bonds is 5. The monoisotopic (exact) mass is 367 g/mol. The second-order valence-corrected chi connectivity index (χ2v) is 6.04. The van der Waals surface area contributed by atoms with Crippen molar-refractivity contribution in [2.75, 3.05) is 12.4 Å². The van der Waals surface area contributed by atoms with Crippen molar-refractivity contribution in [1.29, 1.82) is 0 Å². The Balaban J connectivity index is 1.74. The zero-order chi connectivity index (χ0) is 19.4. The lowest BCUT2D eigenvalue weighted by Gasteiger charge is -2.16. The Labute approximate surface area is 156 Å². The Kier molecular flexibility index (Phi) is 5.30. The summed E-state index contributed by atoms with van der Waals surface area (Å²) < 4.78 is 6.84. The highest BCUT2D eigenvalue weighted by molar-refractivity contribution is 5.91. The molecule has 3 aromatic rings. The Morgan fingerprint density at radius 1 is 1.15 bits per heavy atom. The van der Waals surface area contributed by atoms with Crippen molar-refractivity contribution in [3.63, 3.8) is 0 Å². The molecule has 2 amide bonds. The number of urea groups is 1. The van der Waals surface area contributed by atoms with Crippen LogP contribution in [0.2, 0.25) is 0 Å². The van der Waals surface area contributed by atoms with Gasteiger partial charge >= 0.3 is 6.03 Å². The summed E-state index contributed by atoms with van der Waals surface area (Å²) in [7, 11) is 1.57. The highest BCUT2D eigenvalue weighted by atomic mass is 16.5. The zero-order valence-corrected chi connectivity index (χ0v) is 15.6. The van der Waals surface area contributed by atoms with Crippen LogP contribution in [0.15, 0.2) is 36.9 Å². The molecule has 27 heavy (non-hydrogen) atoms. The smallest absolute Gasteiger partial charge is 0.319 e. The topological polar surface area (TPSA) is 107 Å². The van der Waals surface area contributed by atoms with Crippen LogP contribution in [0.25, 0.3) is 5.95 Å². The zero-order valence-electron chi connectivity index (χ0n) is 15.6. The summed E-state index contributed by atoms with van der Waals surface area (Å²) in [5, 5.41) is 9.80. The van der Waals surface area contributed by atoms with Gasteiger partial charge in [-0.1, -0.05) is 0 Å². The van der Waals surface area contributed by atoms with Crippen molar-refractivity contribution in [3.8, 4) is 11.7 Å². The van der Waals surface area contributed by atoms with Crippen LogP contribution in [-0.4, -0.2) is 37.9 Å². The highest BCUT2D eigenvalue weighted by Crippen LogP contribution is 2.28. The van der Waals surface area contributed by atoms with E-state index in [0.717, 1.165) is 11.1 Å². The lowest BCUT2D eigenvalue weighted by Crippen LogP contribution is -2.33. The van der Waals surface area contributed by atoms with E-state index < -0.39 is 6.04 Å². The number of carbonyl (C=O) groups is 1. The van der Waals surface area contributed by atoms with Crippen molar-refractivity contribution >= 4 is 11.7 Å². The number of amides is 2. The molecule has 0 radical (unpaired) electrons. The van der Waals surface area contributed by atoms with Gasteiger partial charge in [0.25, 0.3) is 5.95 Å². The van der Waals surface area contributed by atoms with E-state index in [4.69, 9.17) is 4.74 Å². The molecule has 1 atom stereocenters.